The van der Waals surface area contributed by atoms with Crippen LogP contribution in [-0.4, -0.2) is 16.1 Å². The van der Waals surface area contributed by atoms with E-state index in [1.807, 2.05) is 25.1 Å². The minimum atomic E-state index is -0.903. The smallest absolute Gasteiger partial charge is 0.336 e. The molecule has 3 nitrogen and oxygen atoms in total. The average Bonchev–Trinajstić information content (AvgIpc) is 2.28. The molecule has 0 aliphatic carbocycles. The molecule has 0 saturated heterocycles. The summed E-state index contributed by atoms with van der Waals surface area (Å²) in [6.07, 6.45) is 3.44. The van der Waals surface area contributed by atoms with Crippen LogP contribution >= 0.6 is 0 Å². The van der Waals surface area contributed by atoms with Crippen LogP contribution in [0.15, 0.2) is 36.7 Å². The predicted molar refractivity (Wildman–Crippen MR) is 66.1 cm³/mol. The minimum Gasteiger partial charge on any atom is -0.478 e. The number of carbonyl (C=O) groups is 1. The van der Waals surface area contributed by atoms with Crippen molar-refractivity contribution in [2.24, 2.45) is 0 Å². The molecule has 1 heterocycles. The first-order valence-corrected chi connectivity index (χ1v) is 5.34. The number of nitrogens with zero attached hydrogens (tertiary/aromatic N) is 1. The fourth-order valence-electron chi connectivity index (χ4n) is 1.89. The Labute approximate surface area is 99.8 Å². The van der Waals surface area contributed by atoms with Gasteiger partial charge < -0.3 is 5.11 Å². The monoisotopic (exact) mass is 227 g/mol. The van der Waals surface area contributed by atoms with Gasteiger partial charge in [-0.15, -0.1) is 0 Å². The zero-order valence-corrected chi connectivity index (χ0v) is 9.77. The van der Waals surface area contributed by atoms with Gasteiger partial charge >= 0.3 is 5.97 Å². The quantitative estimate of drug-likeness (QED) is 0.857. The molecular weight excluding hydrogens is 214 g/mol. The van der Waals surface area contributed by atoms with E-state index in [9.17, 15) is 9.90 Å². The first-order chi connectivity index (χ1) is 8.09. The largest absolute Gasteiger partial charge is 0.478 e. The number of carboxylic acid groups (broad SMARTS) is 1. The maximum absolute atomic E-state index is 11.3. The first-order valence-electron chi connectivity index (χ1n) is 5.34. The van der Waals surface area contributed by atoms with Gasteiger partial charge in [-0.3, -0.25) is 4.98 Å². The zero-order chi connectivity index (χ0) is 12.4. The Morgan fingerprint density at radius 3 is 2.65 bits per heavy atom. The number of pyridine rings is 1. The van der Waals surface area contributed by atoms with E-state index < -0.39 is 5.97 Å². The molecule has 2 aromatic rings. The molecule has 0 saturated carbocycles. The van der Waals surface area contributed by atoms with E-state index in [-0.39, 0.29) is 0 Å². The molecule has 0 amide bonds. The molecule has 1 aromatic heterocycles. The van der Waals surface area contributed by atoms with Gasteiger partial charge in [0, 0.05) is 18.0 Å². The Hall–Kier alpha value is -2.16. The lowest BCUT2D eigenvalue weighted by molar-refractivity contribution is 0.0697. The maximum Gasteiger partial charge on any atom is 0.336 e. The second kappa shape index (κ2) is 4.37. The Bertz CT molecular complexity index is 576. The van der Waals surface area contributed by atoms with Gasteiger partial charge in [0.05, 0.1) is 5.56 Å². The van der Waals surface area contributed by atoms with Crippen LogP contribution < -0.4 is 0 Å². The van der Waals surface area contributed by atoms with Crippen LogP contribution in [0.5, 0.6) is 0 Å². The lowest BCUT2D eigenvalue weighted by Gasteiger charge is -2.09. The molecule has 3 heteroatoms. The summed E-state index contributed by atoms with van der Waals surface area (Å²) in [6, 6.07) is 7.41. The number of benzene rings is 1. The van der Waals surface area contributed by atoms with Crippen molar-refractivity contribution in [2.75, 3.05) is 0 Å². The van der Waals surface area contributed by atoms with Gasteiger partial charge in [0.15, 0.2) is 0 Å². The SMILES string of the molecule is Cc1cncc(-c2cccc(C)c2C(=O)O)c1. The molecule has 0 aliphatic heterocycles. The van der Waals surface area contributed by atoms with Crippen molar-refractivity contribution in [1.82, 2.24) is 4.98 Å². The second-order valence-electron chi connectivity index (χ2n) is 4.05. The van der Waals surface area contributed by atoms with Crippen molar-refractivity contribution < 1.29 is 9.90 Å². The van der Waals surface area contributed by atoms with Crippen molar-refractivity contribution in [3.63, 3.8) is 0 Å². The van der Waals surface area contributed by atoms with Crippen molar-refractivity contribution in [2.45, 2.75) is 13.8 Å². The first kappa shape index (κ1) is 11.3. The number of aromatic nitrogens is 1. The van der Waals surface area contributed by atoms with Crippen molar-refractivity contribution >= 4 is 5.97 Å². The van der Waals surface area contributed by atoms with Crippen LogP contribution in [0.3, 0.4) is 0 Å². The van der Waals surface area contributed by atoms with Crippen molar-refractivity contribution in [3.8, 4) is 11.1 Å². The van der Waals surface area contributed by atoms with Crippen molar-refractivity contribution in [1.29, 1.82) is 0 Å². The molecular formula is C14H13NO2. The van der Waals surface area contributed by atoms with Crippen LogP contribution in [-0.2, 0) is 0 Å². The normalized spacial score (nSPS) is 10.2. The fourth-order valence-corrected chi connectivity index (χ4v) is 1.89. The minimum absolute atomic E-state index is 0.347. The van der Waals surface area contributed by atoms with Crippen LogP contribution in [0, 0.1) is 13.8 Å². The summed E-state index contributed by atoms with van der Waals surface area (Å²) in [6.45, 7) is 3.74. The molecule has 17 heavy (non-hydrogen) atoms. The lowest BCUT2D eigenvalue weighted by atomic mass is 9.96. The molecule has 0 fully saturated rings. The number of aryl methyl sites for hydroxylation is 2. The molecule has 1 aromatic carbocycles. The molecule has 0 radical (unpaired) electrons. The topological polar surface area (TPSA) is 50.2 Å². The third kappa shape index (κ3) is 2.18. The van der Waals surface area contributed by atoms with Gasteiger partial charge in [0.2, 0.25) is 0 Å². The van der Waals surface area contributed by atoms with Gasteiger partial charge in [-0.1, -0.05) is 18.2 Å². The molecule has 86 valence electrons. The Balaban J connectivity index is 2.67. The number of carboxylic acids is 1. The van der Waals surface area contributed by atoms with E-state index in [4.69, 9.17) is 0 Å². The third-order valence-corrected chi connectivity index (χ3v) is 2.67. The van der Waals surface area contributed by atoms with Gasteiger partial charge in [-0.2, -0.15) is 0 Å². The highest BCUT2D eigenvalue weighted by atomic mass is 16.4. The Kier molecular flexibility index (Phi) is 2.91. The van der Waals surface area contributed by atoms with Crippen molar-refractivity contribution in [3.05, 3.63) is 53.3 Å². The van der Waals surface area contributed by atoms with Crippen LogP contribution in [0.1, 0.15) is 21.5 Å². The summed E-state index contributed by atoms with van der Waals surface area (Å²) in [7, 11) is 0. The summed E-state index contributed by atoms with van der Waals surface area (Å²) >= 11 is 0. The highest BCUT2D eigenvalue weighted by molar-refractivity contribution is 5.97. The molecule has 0 aliphatic rings. The van der Waals surface area contributed by atoms with Crippen LogP contribution in [0.2, 0.25) is 0 Å². The summed E-state index contributed by atoms with van der Waals surface area (Å²) < 4.78 is 0. The van der Waals surface area contributed by atoms with E-state index in [1.54, 1.807) is 25.4 Å². The number of hydrogen-bond acceptors (Lipinski definition) is 2. The average molecular weight is 227 g/mol. The summed E-state index contributed by atoms with van der Waals surface area (Å²) in [5.41, 5.74) is 3.68. The molecule has 0 bridgehead atoms. The van der Waals surface area contributed by atoms with Crippen LogP contribution in [0.4, 0.5) is 0 Å². The Morgan fingerprint density at radius 2 is 2.00 bits per heavy atom. The fraction of sp³-hybridized carbons (Fsp3) is 0.143. The number of hydrogen-bond donors (Lipinski definition) is 1. The standard InChI is InChI=1S/C14H13NO2/c1-9-6-11(8-15-7-9)12-5-3-4-10(2)13(12)14(16)17/h3-8H,1-2H3,(H,16,17). The molecule has 1 N–H and O–H groups in total. The third-order valence-electron chi connectivity index (χ3n) is 2.67. The van der Waals surface area contributed by atoms with E-state index in [2.05, 4.69) is 4.98 Å². The lowest BCUT2D eigenvalue weighted by Crippen LogP contribution is -2.02. The van der Waals surface area contributed by atoms with E-state index >= 15 is 0 Å². The predicted octanol–water partition coefficient (Wildman–Crippen LogP) is 3.06. The maximum atomic E-state index is 11.3. The summed E-state index contributed by atoms with van der Waals surface area (Å²) in [4.78, 5) is 15.4. The number of aromatic carboxylic acids is 1. The zero-order valence-electron chi connectivity index (χ0n) is 9.77. The molecule has 0 spiro atoms. The summed E-state index contributed by atoms with van der Waals surface area (Å²) in [5.74, 6) is -0.903. The van der Waals surface area contributed by atoms with E-state index in [1.165, 1.54) is 0 Å². The van der Waals surface area contributed by atoms with Crippen LogP contribution in [0.25, 0.3) is 11.1 Å². The van der Waals surface area contributed by atoms with E-state index in [0.29, 0.717) is 11.1 Å². The van der Waals surface area contributed by atoms with Gasteiger partial charge in [-0.05, 0) is 36.6 Å². The molecule has 0 atom stereocenters. The van der Waals surface area contributed by atoms with E-state index in [0.717, 1.165) is 16.7 Å². The molecule has 2 rings (SSSR count). The Morgan fingerprint density at radius 1 is 1.24 bits per heavy atom. The highest BCUT2D eigenvalue weighted by Crippen LogP contribution is 2.26. The highest BCUT2D eigenvalue weighted by Gasteiger charge is 2.14. The molecule has 0 unspecified atom stereocenters. The summed E-state index contributed by atoms with van der Waals surface area (Å²) in [5, 5.41) is 9.26. The van der Waals surface area contributed by atoms with Gasteiger partial charge in [0.1, 0.15) is 0 Å². The van der Waals surface area contributed by atoms with Gasteiger partial charge in [0.25, 0.3) is 0 Å². The number of rotatable bonds is 2. The van der Waals surface area contributed by atoms with Gasteiger partial charge in [-0.25, -0.2) is 4.79 Å². The second-order valence-corrected chi connectivity index (χ2v) is 4.05.